The fourth-order valence-electron chi connectivity index (χ4n) is 2.29. The Labute approximate surface area is 155 Å². The summed E-state index contributed by atoms with van der Waals surface area (Å²) in [7, 11) is 1.62. The number of ether oxygens (including phenoxy) is 2. The van der Waals surface area contributed by atoms with Gasteiger partial charge >= 0.3 is 5.90 Å². The Bertz CT molecular complexity index is 892. The lowest BCUT2D eigenvalue weighted by Crippen LogP contribution is -2.69. The van der Waals surface area contributed by atoms with Crippen molar-refractivity contribution >= 4 is 17.7 Å². The highest BCUT2D eigenvalue weighted by Gasteiger charge is 2.14. The summed E-state index contributed by atoms with van der Waals surface area (Å²) in [5, 5.41) is 20.4. The first-order valence-corrected chi connectivity index (χ1v) is 8.66. The maximum Gasteiger partial charge on any atom is 0.414 e. The molecule has 3 aromatic carbocycles. The van der Waals surface area contributed by atoms with Crippen LogP contribution in [0.1, 0.15) is 5.56 Å². The molecule has 0 aliphatic rings. The fourth-order valence-corrected chi connectivity index (χ4v) is 3.24. The lowest BCUT2D eigenvalue weighted by atomic mass is 10.2. The van der Waals surface area contributed by atoms with Crippen LogP contribution in [0.2, 0.25) is 0 Å². The third kappa shape index (κ3) is 4.29. The van der Waals surface area contributed by atoms with E-state index in [2.05, 4.69) is 0 Å². The van der Waals surface area contributed by atoms with Crippen LogP contribution in [-0.4, -0.2) is 23.3 Å². The van der Waals surface area contributed by atoms with Crippen LogP contribution in [0, 0.1) is 0 Å². The molecule has 3 aromatic rings. The largest absolute Gasteiger partial charge is 0.497 e. The lowest BCUT2D eigenvalue weighted by molar-refractivity contribution is -0.742. The Morgan fingerprint density at radius 1 is 0.846 bits per heavy atom. The average Bonchev–Trinajstić information content (AvgIpc) is 2.70. The van der Waals surface area contributed by atoms with Crippen LogP contribution in [0.3, 0.4) is 0 Å². The second-order valence-electron chi connectivity index (χ2n) is 5.31. The average molecular weight is 368 g/mol. The molecule has 0 heterocycles. The number of aliphatic hydroxyl groups is 1. The second-order valence-corrected chi connectivity index (χ2v) is 6.42. The lowest BCUT2D eigenvalue weighted by Gasteiger charge is -2.08. The van der Waals surface area contributed by atoms with Crippen molar-refractivity contribution in [3.05, 3.63) is 78.4 Å². The summed E-state index contributed by atoms with van der Waals surface area (Å²) in [5.41, 5.74) is 0.526. The molecule has 0 saturated carbocycles. The van der Waals surface area contributed by atoms with Crippen molar-refractivity contribution in [2.75, 3.05) is 7.11 Å². The molecule has 3 N–H and O–H groups in total. The minimum Gasteiger partial charge on any atom is -0.497 e. The molecule has 132 valence electrons. The van der Waals surface area contributed by atoms with Gasteiger partial charge in [-0.1, -0.05) is 23.9 Å². The molecule has 0 bridgehead atoms. The van der Waals surface area contributed by atoms with Crippen molar-refractivity contribution in [2.24, 2.45) is 0 Å². The maximum absolute atomic E-state index is 9.75. The van der Waals surface area contributed by atoms with Crippen molar-refractivity contribution < 1.29 is 24.9 Å². The van der Waals surface area contributed by atoms with E-state index in [1.165, 1.54) is 11.8 Å². The molecule has 0 aliphatic heterocycles. The van der Waals surface area contributed by atoms with Gasteiger partial charge in [0.15, 0.2) is 0 Å². The Hall–Kier alpha value is -3.12. The predicted octanol–water partition coefficient (Wildman–Crippen LogP) is 3.41. The summed E-state index contributed by atoms with van der Waals surface area (Å²) in [5.74, 6) is 1.94. The van der Waals surface area contributed by atoms with E-state index in [1.807, 2.05) is 60.7 Å². The van der Waals surface area contributed by atoms with Crippen molar-refractivity contribution in [1.82, 2.24) is 0 Å². The molecule has 0 amide bonds. The molecule has 5 nitrogen and oxygen atoms in total. The number of rotatable bonds is 6. The minimum atomic E-state index is -0.285. The molecular weight excluding hydrogens is 350 g/mol. The van der Waals surface area contributed by atoms with Crippen LogP contribution in [0.15, 0.2) is 82.6 Å². The summed E-state index contributed by atoms with van der Waals surface area (Å²) in [6.45, 7) is 0. The van der Waals surface area contributed by atoms with Crippen molar-refractivity contribution in [1.29, 1.82) is 0 Å². The van der Waals surface area contributed by atoms with Gasteiger partial charge < -0.3 is 14.6 Å². The molecule has 3 rings (SSSR count). The van der Waals surface area contributed by atoms with E-state index >= 15 is 0 Å². The topological polar surface area (TPSA) is 72.9 Å². The standard InChI is InChI=1S/C20H17NO4S/c1-24-14-6-8-15(9-7-14)25-16-10-12-17(13-11-16)26-19-5-3-2-4-18(19)20(22)21-23/h2-13,23H,1H3,(H,21,22)/p+1. The Balaban J connectivity index is 1.72. The Morgan fingerprint density at radius 3 is 2.04 bits per heavy atom. The van der Waals surface area contributed by atoms with E-state index in [1.54, 1.807) is 24.4 Å². The quantitative estimate of drug-likeness (QED) is 0.269. The number of hydrogen-bond acceptors (Lipinski definition) is 4. The normalized spacial score (nSPS) is 11.2. The third-order valence-corrected chi connectivity index (χ3v) is 4.68. The first-order chi connectivity index (χ1) is 12.7. The first kappa shape index (κ1) is 17.7. The minimum absolute atomic E-state index is 0.285. The van der Waals surface area contributed by atoms with Crippen LogP contribution in [-0.2, 0) is 0 Å². The number of hydrogen-bond donors (Lipinski definition) is 3. The van der Waals surface area contributed by atoms with Gasteiger partial charge in [-0.25, -0.2) is 0 Å². The van der Waals surface area contributed by atoms with E-state index in [0.717, 1.165) is 27.0 Å². The Morgan fingerprint density at radius 2 is 1.42 bits per heavy atom. The summed E-state index contributed by atoms with van der Waals surface area (Å²) >= 11 is 1.47. The van der Waals surface area contributed by atoms with Gasteiger partial charge in [0.1, 0.15) is 22.8 Å². The highest BCUT2D eigenvalue weighted by molar-refractivity contribution is 7.99. The molecule has 0 aliphatic carbocycles. The maximum atomic E-state index is 9.75. The zero-order chi connectivity index (χ0) is 18.4. The number of methoxy groups -OCH3 is 1. The van der Waals surface area contributed by atoms with Crippen LogP contribution in [0.25, 0.3) is 0 Å². The van der Waals surface area contributed by atoms with E-state index in [-0.39, 0.29) is 5.90 Å². The van der Waals surface area contributed by atoms with E-state index in [0.29, 0.717) is 5.56 Å². The zero-order valence-corrected chi connectivity index (χ0v) is 14.9. The molecular formula is C20H18NO4S+. The van der Waals surface area contributed by atoms with Crippen LogP contribution in [0.4, 0.5) is 0 Å². The smallest absolute Gasteiger partial charge is 0.414 e. The molecule has 26 heavy (non-hydrogen) atoms. The molecule has 0 atom stereocenters. The van der Waals surface area contributed by atoms with Crippen molar-refractivity contribution in [3.63, 3.8) is 0 Å². The summed E-state index contributed by atoms with van der Waals surface area (Å²) in [4.78, 5) is 1.79. The molecule has 0 saturated heterocycles. The van der Waals surface area contributed by atoms with E-state index in [4.69, 9.17) is 14.7 Å². The van der Waals surface area contributed by atoms with Gasteiger partial charge in [0.2, 0.25) is 0 Å². The summed E-state index contributed by atoms with van der Waals surface area (Å²) in [6.07, 6.45) is 0. The predicted molar refractivity (Wildman–Crippen MR) is 99.6 cm³/mol. The van der Waals surface area contributed by atoms with Gasteiger partial charge in [-0.05, 0) is 65.8 Å². The van der Waals surface area contributed by atoms with Crippen molar-refractivity contribution in [2.45, 2.75) is 9.79 Å². The fraction of sp³-hybridized carbons (Fsp3) is 0.0500. The van der Waals surface area contributed by atoms with E-state index < -0.39 is 0 Å². The van der Waals surface area contributed by atoms with Gasteiger partial charge in [0.25, 0.3) is 0 Å². The molecule has 0 spiro atoms. The highest BCUT2D eigenvalue weighted by atomic mass is 32.2. The molecule has 0 radical (unpaired) electrons. The molecule has 0 unspecified atom stereocenters. The molecule has 0 aromatic heterocycles. The van der Waals surface area contributed by atoms with Crippen LogP contribution >= 0.6 is 11.8 Å². The summed E-state index contributed by atoms with van der Waals surface area (Å²) in [6, 6.07) is 22.3. The number of aliphatic hydroxyl groups excluding tert-OH is 1. The number of nitrogens with one attached hydrogen (secondary N) is 1. The van der Waals surface area contributed by atoms with Crippen molar-refractivity contribution in [3.8, 4) is 17.2 Å². The molecule has 6 heteroatoms. The van der Waals surface area contributed by atoms with Crippen LogP contribution < -0.4 is 14.6 Å². The first-order valence-electron chi connectivity index (χ1n) is 7.85. The van der Waals surface area contributed by atoms with Gasteiger partial charge in [0.05, 0.1) is 7.11 Å². The summed E-state index contributed by atoms with van der Waals surface area (Å²) < 4.78 is 10.9. The monoisotopic (exact) mass is 368 g/mol. The van der Waals surface area contributed by atoms with Gasteiger partial charge in [0, 0.05) is 9.79 Å². The van der Waals surface area contributed by atoms with Crippen LogP contribution in [0.5, 0.6) is 17.2 Å². The number of benzene rings is 3. The Kier molecular flexibility index (Phi) is 5.66. The van der Waals surface area contributed by atoms with Gasteiger partial charge in [-0.15, -0.1) is 0 Å². The van der Waals surface area contributed by atoms with E-state index in [9.17, 15) is 5.11 Å². The highest BCUT2D eigenvalue weighted by Crippen LogP contribution is 2.32. The second kappa shape index (κ2) is 8.31. The van der Waals surface area contributed by atoms with Gasteiger partial charge in [-0.3, -0.25) is 5.21 Å². The third-order valence-electron chi connectivity index (χ3n) is 3.59. The molecule has 0 fully saturated rings. The van der Waals surface area contributed by atoms with Gasteiger partial charge in [-0.2, -0.15) is 0 Å². The zero-order valence-electron chi connectivity index (χ0n) is 14.0. The SMILES string of the molecule is COc1ccc(Oc2ccc(Sc3ccccc3/C(O)=[NH+]/O)cc2)cc1.